The molecule has 19 heavy (non-hydrogen) atoms. The molecule has 0 aliphatic rings. The minimum absolute atomic E-state index is 0.407. The lowest BCUT2D eigenvalue weighted by Crippen LogP contribution is -2.24. The van der Waals surface area contributed by atoms with Gasteiger partial charge in [0.05, 0.1) is 4.90 Å². The monoisotopic (exact) mass is 284 g/mol. The van der Waals surface area contributed by atoms with Gasteiger partial charge in [0, 0.05) is 13.1 Å². The van der Waals surface area contributed by atoms with Crippen molar-refractivity contribution in [3.63, 3.8) is 0 Å². The van der Waals surface area contributed by atoms with Gasteiger partial charge in [-0.15, -0.1) is 0 Å². The first-order valence-electron chi connectivity index (χ1n) is 6.87. The molecule has 0 unspecified atom stereocenters. The van der Waals surface area contributed by atoms with E-state index < -0.39 is 10.0 Å². The second kappa shape index (κ2) is 7.62. The molecule has 0 aliphatic carbocycles. The molecule has 4 nitrogen and oxygen atoms in total. The van der Waals surface area contributed by atoms with Crippen LogP contribution in [0.4, 0.5) is 0 Å². The van der Waals surface area contributed by atoms with Crippen LogP contribution in [-0.4, -0.2) is 21.5 Å². The van der Waals surface area contributed by atoms with E-state index in [-0.39, 0.29) is 0 Å². The molecular formula is C14H24N2O2S. The third-order valence-corrected chi connectivity index (χ3v) is 4.52. The summed E-state index contributed by atoms with van der Waals surface area (Å²) in [5, 5.41) is 3.28. The van der Waals surface area contributed by atoms with E-state index in [0.717, 1.165) is 24.1 Å². The van der Waals surface area contributed by atoms with Gasteiger partial charge in [0.25, 0.3) is 0 Å². The molecule has 0 radical (unpaired) electrons. The molecule has 0 amide bonds. The van der Waals surface area contributed by atoms with E-state index in [2.05, 4.69) is 17.0 Å². The van der Waals surface area contributed by atoms with Crippen LogP contribution in [-0.2, 0) is 23.0 Å². The predicted octanol–water partition coefficient (Wildman–Crippen LogP) is 2.05. The summed E-state index contributed by atoms with van der Waals surface area (Å²) in [6.07, 6.45) is 1.78. The maximum atomic E-state index is 12.2. The number of benzene rings is 1. The molecule has 0 atom stereocenters. The topological polar surface area (TPSA) is 58.2 Å². The standard InChI is InChI=1S/C14H24N2O2S/c1-4-9-15-11-12-7-8-13(5-2)14(10-12)19(17,18)16-6-3/h7-8,10,15-16H,4-6,9,11H2,1-3H3. The molecule has 0 saturated heterocycles. The summed E-state index contributed by atoms with van der Waals surface area (Å²) in [4.78, 5) is 0.410. The summed E-state index contributed by atoms with van der Waals surface area (Å²) >= 11 is 0. The van der Waals surface area contributed by atoms with Crippen molar-refractivity contribution in [2.75, 3.05) is 13.1 Å². The van der Waals surface area contributed by atoms with Crippen LogP contribution < -0.4 is 10.0 Å². The summed E-state index contributed by atoms with van der Waals surface area (Å²) in [7, 11) is -3.38. The first-order valence-corrected chi connectivity index (χ1v) is 8.35. The number of sulfonamides is 1. The Morgan fingerprint density at radius 1 is 1.16 bits per heavy atom. The molecule has 0 bridgehead atoms. The summed E-state index contributed by atoms with van der Waals surface area (Å²) in [6.45, 7) is 7.90. The van der Waals surface area contributed by atoms with Crippen LogP contribution in [0.15, 0.2) is 23.1 Å². The van der Waals surface area contributed by atoms with Gasteiger partial charge in [-0.3, -0.25) is 0 Å². The minimum Gasteiger partial charge on any atom is -0.313 e. The maximum Gasteiger partial charge on any atom is 0.240 e. The van der Waals surface area contributed by atoms with Gasteiger partial charge in [-0.25, -0.2) is 13.1 Å². The van der Waals surface area contributed by atoms with Gasteiger partial charge in [-0.2, -0.15) is 0 Å². The van der Waals surface area contributed by atoms with Crippen LogP contribution in [0, 0.1) is 0 Å². The molecule has 2 N–H and O–H groups in total. The van der Waals surface area contributed by atoms with Gasteiger partial charge in [0.2, 0.25) is 10.0 Å². The third kappa shape index (κ3) is 4.60. The molecule has 0 saturated carbocycles. The van der Waals surface area contributed by atoms with Crippen LogP contribution in [0.1, 0.15) is 38.3 Å². The van der Waals surface area contributed by atoms with Crippen molar-refractivity contribution in [1.29, 1.82) is 0 Å². The van der Waals surface area contributed by atoms with E-state index in [9.17, 15) is 8.42 Å². The SMILES string of the molecule is CCCNCc1ccc(CC)c(S(=O)(=O)NCC)c1. The van der Waals surface area contributed by atoms with E-state index in [4.69, 9.17) is 0 Å². The first kappa shape index (κ1) is 16.1. The van der Waals surface area contributed by atoms with E-state index in [1.165, 1.54) is 0 Å². The summed E-state index contributed by atoms with van der Waals surface area (Å²) < 4.78 is 26.9. The molecule has 1 aromatic rings. The van der Waals surface area contributed by atoms with Gasteiger partial charge in [0.1, 0.15) is 0 Å². The predicted molar refractivity (Wildman–Crippen MR) is 78.7 cm³/mol. The lowest BCUT2D eigenvalue weighted by molar-refractivity contribution is 0.582. The average Bonchev–Trinajstić information content (AvgIpc) is 2.39. The fraction of sp³-hybridized carbons (Fsp3) is 0.571. The van der Waals surface area contributed by atoms with Crippen molar-refractivity contribution in [3.05, 3.63) is 29.3 Å². The van der Waals surface area contributed by atoms with Crippen molar-refractivity contribution in [2.45, 2.75) is 45.1 Å². The molecule has 0 fully saturated rings. The molecule has 0 aliphatic heterocycles. The van der Waals surface area contributed by atoms with Crippen LogP contribution in [0.5, 0.6) is 0 Å². The van der Waals surface area contributed by atoms with Gasteiger partial charge in [0.15, 0.2) is 0 Å². The fourth-order valence-electron chi connectivity index (χ4n) is 1.93. The normalized spacial score (nSPS) is 11.7. The molecule has 0 aromatic heterocycles. The summed E-state index contributed by atoms with van der Waals surface area (Å²) in [5.74, 6) is 0. The quantitative estimate of drug-likeness (QED) is 0.718. The van der Waals surface area contributed by atoms with Crippen molar-refractivity contribution >= 4 is 10.0 Å². The molecule has 0 spiro atoms. The van der Waals surface area contributed by atoms with Gasteiger partial charge in [-0.05, 0) is 36.6 Å². The second-order valence-corrected chi connectivity index (χ2v) is 6.21. The Bertz CT molecular complexity index is 498. The molecule has 1 aromatic carbocycles. The Labute approximate surface area is 116 Å². The Hall–Kier alpha value is -0.910. The van der Waals surface area contributed by atoms with Crippen LogP contribution in [0.2, 0.25) is 0 Å². The highest BCUT2D eigenvalue weighted by Crippen LogP contribution is 2.18. The first-order chi connectivity index (χ1) is 9.05. The number of nitrogens with one attached hydrogen (secondary N) is 2. The molecule has 108 valence electrons. The Kier molecular flexibility index (Phi) is 6.48. The van der Waals surface area contributed by atoms with Crippen molar-refractivity contribution in [1.82, 2.24) is 10.0 Å². The Balaban J connectivity index is 3.03. The molecule has 5 heteroatoms. The van der Waals surface area contributed by atoms with Crippen molar-refractivity contribution in [2.24, 2.45) is 0 Å². The highest BCUT2D eigenvalue weighted by atomic mass is 32.2. The number of aryl methyl sites for hydroxylation is 1. The highest BCUT2D eigenvalue weighted by Gasteiger charge is 2.17. The van der Waals surface area contributed by atoms with E-state index in [0.29, 0.717) is 24.4 Å². The van der Waals surface area contributed by atoms with Gasteiger partial charge >= 0.3 is 0 Å². The smallest absolute Gasteiger partial charge is 0.240 e. The number of hydrogen-bond acceptors (Lipinski definition) is 3. The van der Waals surface area contributed by atoms with E-state index in [1.54, 1.807) is 13.0 Å². The average molecular weight is 284 g/mol. The lowest BCUT2D eigenvalue weighted by atomic mass is 10.1. The minimum atomic E-state index is -3.38. The van der Waals surface area contributed by atoms with Crippen molar-refractivity contribution in [3.8, 4) is 0 Å². The zero-order valence-electron chi connectivity index (χ0n) is 12.0. The fourth-order valence-corrected chi connectivity index (χ4v) is 3.33. The van der Waals surface area contributed by atoms with Crippen molar-refractivity contribution < 1.29 is 8.42 Å². The molecule has 0 heterocycles. The Morgan fingerprint density at radius 3 is 2.47 bits per heavy atom. The zero-order chi connectivity index (χ0) is 14.3. The van der Waals surface area contributed by atoms with Crippen LogP contribution in [0.3, 0.4) is 0 Å². The maximum absolute atomic E-state index is 12.2. The van der Waals surface area contributed by atoms with E-state index in [1.807, 2.05) is 19.1 Å². The zero-order valence-corrected chi connectivity index (χ0v) is 12.8. The van der Waals surface area contributed by atoms with Crippen LogP contribution >= 0.6 is 0 Å². The Morgan fingerprint density at radius 2 is 1.89 bits per heavy atom. The summed E-state index contributed by atoms with van der Waals surface area (Å²) in [6, 6.07) is 5.68. The summed E-state index contributed by atoms with van der Waals surface area (Å²) in [5.41, 5.74) is 1.86. The van der Waals surface area contributed by atoms with Crippen LogP contribution in [0.25, 0.3) is 0 Å². The highest BCUT2D eigenvalue weighted by molar-refractivity contribution is 7.89. The second-order valence-electron chi connectivity index (χ2n) is 4.47. The molecular weight excluding hydrogens is 260 g/mol. The van der Waals surface area contributed by atoms with Gasteiger partial charge < -0.3 is 5.32 Å². The third-order valence-electron chi connectivity index (χ3n) is 2.89. The largest absolute Gasteiger partial charge is 0.313 e. The molecule has 1 rings (SSSR count). The van der Waals surface area contributed by atoms with E-state index >= 15 is 0 Å². The lowest BCUT2D eigenvalue weighted by Gasteiger charge is -2.12. The van der Waals surface area contributed by atoms with Gasteiger partial charge in [-0.1, -0.05) is 32.9 Å². The number of rotatable bonds is 8. The number of hydrogen-bond donors (Lipinski definition) is 2.